The number of nitrogen functional groups attached to an aromatic ring is 1. The maximum atomic E-state index is 12.6. The van der Waals surface area contributed by atoms with Crippen LogP contribution in [0.4, 0.5) is 11.6 Å². The van der Waals surface area contributed by atoms with Crippen LogP contribution < -0.4 is 11.1 Å². The number of nitrogens with two attached hydrogens (primary N) is 1. The number of ketones is 1. The maximum absolute atomic E-state index is 12.6. The number of carbonyl (C=O) groups is 1. The average Bonchev–Trinajstić information content (AvgIpc) is 2.63. The Hall–Kier alpha value is -3.35. The normalized spacial score (nSPS) is 10.4. The second kappa shape index (κ2) is 6.82. The SMILES string of the molecule is CCNc1nccc(-c2ccc(N)c(C(=O)c3ccncn3)c2)n1. The standard InChI is InChI=1S/C17H16N6O/c1-2-20-17-21-8-6-14(23-17)11-3-4-13(18)12(9-11)16(24)15-5-7-19-10-22-15/h3-10H,2,18H2,1H3,(H,20,21,23). The molecule has 0 saturated carbocycles. The molecule has 0 saturated heterocycles. The van der Waals surface area contributed by atoms with E-state index in [0.29, 0.717) is 28.6 Å². The second-order valence-electron chi connectivity index (χ2n) is 5.02. The van der Waals surface area contributed by atoms with E-state index < -0.39 is 0 Å². The Balaban J connectivity index is 2.00. The van der Waals surface area contributed by atoms with Crippen LogP contribution in [-0.4, -0.2) is 32.3 Å². The zero-order chi connectivity index (χ0) is 16.9. The van der Waals surface area contributed by atoms with E-state index in [1.165, 1.54) is 12.5 Å². The summed E-state index contributed by atoms with van der Waals surface area (Å²) in [6.07, 6.45) is 4.52. The van der Waals surface area contributed by atoms with Gasteiger partial charge in [-0.1, -0.05) is 6.07 Å². The molecule has 24 heavy (non-hydrogen) atoms. The van der Waals surface area contributed by atoms with Crippen molar-refractivity contribution in [2.45, 2.75) is 6.92 Å². The summed E-state index contributed by atoms with van der Waals surface area (Å²) in [6, 6.07) is 8.58. The fourth-order valence-corrected chi connectivity index (χ4v) is 2.24. The van der Waals surface area contributed by atoms with Gasteiger partial charge >= 0.3 is 0 Å². The van der Waals surface area contributed by atoms with Crippen molar-refractivity contribution >= 4 is 17.4 Å². The fourth-order valence-electron chi connectivity index (χ4n) is 2.24. The molecule has 0 aliphatic rings. The number of hydrogen-bond acceptors (Lipinski definition) is 7. The molecular formula is C17H16N6O. The zero-order valence-electron chi connectivity index (χ0n) is 13.1. The number of nitrogens with one attached hydrogen (secondary N) is 1. The van der Waals surface area contributed by atoms with Gasteiger partial charge in [-0.2, -0.15) is 0 Å². The van der Waals surface area contributed by atoms with Crippen molar-refractivity contribution < 1.29 is 4.79 Å². The lowest BCUT2D eigenvalue weighted by molar-refractivity contribution is 0.103. The summed E-state index contributed by atoms with van der Waals surface area (Å²) >= 11 is 0. The van der Waals surface area contributed by atoms with Crippen molar-refractivity contribution in [1.82, 2.24) is 19.9 Å². The molecule has 2 heterocycles. The number of hydrogen-bond donors (Lipinski definition) is 2. The van der Waals surface area contributed by atoms with E-state index in [4.69, 9.17) is 5.73 Å². The molecule has 0 bridgehead atoms. The molecule has 7 heteroatoms. The predicted octanol–water partition coefficient (Wildman–Crippen LogP) is 2.18. The summed E-state index contributed by atoms with van der Waals surface area (Å²) < 4.78 is 0. The molecule has 3 aromatic rings. The van der Waals surface area contributed by atoms with E-state index in [0.717, 1.165) is 12.1 Å². The number of aromatic nitrogens is 4. The van der Waals surface area contributed by atoms with E-state index in [2.05, 4.69) is 25.3 Å². The molecule has 0 unspecified atom stereocenters. The van der Waals surface area contributed by atoms with Crippen LogP contribution in [0.5, 0.6) is 0 Å². The van der Waals surface area contributed by atoms with Crippen LogP contribution in [-0.2, 0) is 0 Å². The van der Waals surface area contributed by atoms with Gasteiger partial charge in [-0.15, -0.1) is 0 Å². The Morgan fingerprint density at radius 2 is 2.04 bits per heavy atom. The largest absolute Gasteiger partial charge is 0.398 e. The second-order valence-corrected chi connectivity index (χ2v) is 5.02. The fraction of sp³-hybridized carbons (Fsp3) is 0.118. The molecule has 3 rings (SSSR count). The van der Waals surface area contributed by atoms with Crippen molar-refractivity contribution in [3.8, 4) is 11.3 Å². The van der Waals surface area contributed by atoms with Crippen molar-refractivity contribution in [2.75, 3.05) is 17.6 Å². The van der Waals surface area contributed by atoms with Crippen LogP contribution >= 0.6 is 0 Å². The first-order valence-electron chi connectivity index (χ1n) is 7.46. The van der Waals surface area contributed by atoms with Gasteiger partial charge in [-0.3, -0.25) is 4.79 Å². The molecule has 0 aliphatic carbocycles. The quantitative estimate of drug-likeness (QED) is 0.548. The Labute approximate surface area is 139 Å². The maximum Gasteiger partial charge on any atom is 0.223 e. The van der Waals surface area contributed by atoms with Crippen molar-refractivity contribution in [3.63, 3.8) is 0 Å². The van der Waals surface area contributed by atoms with Crippen LogP contribution in [0, 0.1) is 0 Å². The van der Waals surface area contributed by atoms with Crippen LogP contribution in [0.1, 0.15) is 23.0 Å². The number of rotatable bonds is 5. The molecule has 0 aliphatic heterocycles. The lowest BCUT2D eigenvalue weighted by Gasteiger charge is -2.08. The van der Waals surface area contributed by atoms with Crippen LogP contribution in [0.3, 0.4) is 0 Å². The summed E-state index contributed by atoms with van der Waals surface area (Å²) in [6.45, 7) is 2.69. The third-order valence-electron chi connectivity index (χ3n) is 3.40. The number of nitrogens with zero attached hydrogens (tertiary/aromatic N) is 4. The lowest BCUT2D eigenvalue weighted by Crippen LogP contribution is -2.08. The molecule has 3 N–H and O–H groups in total. The molecule has 1 aromatic carbocycles. The molecule has 0 amide bonds. The van der Waals surface area contributed by atoms with Crippen molar-refractivity contribution in [1.29, 1.82) is 0 Å². The summed E-state index contributed by atoms with van der Waals surface area (Å²) in [4.78, 5) is 29.0. The summed E-state index contributed by atoms with van der Waals surface area (Å²) in [7, 11) is 0. The van der Waals surface area contributed by atoms with Crippen LogP contribution in [0.25, 0.3) is 11.3 Å². The molecular weight excluding hydrogens is 304 g/mol. The summed E-state index contributed by atoms with van der Waals surface area (Å²) in [5.74, 6) is 0.285. The average molecular weight is 320 g/mol. The number of benzene rings is 1. The summed E-state index contributed by atoms with van der Waals surface area (Å²) in [5, 5.41) is 3.06. The van der Waals surface area contributed by atoms with Gasteiger partial charge in [-0.05, 0) is 31.2 Å². The molecule has 0 radical (unpaired) electrons. The van der Waals surface area contributed by atoms with Gasteiger partial charge in [0, 0.05) is 35.8 Å². The Bertz CT molecular complexity index is 866. The first kappa shape index (κ1) is 15.5. The van der Waals surface area contributed by atoms with E-state index >= 15 is 0 Å². The minimum Gasteiger partial charge on any atom is -0.398 e. The van der Waals surface area contributed by atoms with E-state index in [9.17, 15) is 4.79 Å². The first-order valence-corrected chi connectivity index (χ1v) is 7.46. The highest BCUT2D eigenvalue weighted by molar-refractivity contribution is 6.11. The van der Waals surface area contributed by atoms with Gasteiger partial charge in [0.05, 0.1) is 5.69 Å². The third-order valence-corrected chi connectivity index (χ3v) is 3.40. The number of carbonyl (C=O) groups excluding carboxylic acids is 1. The smallest absolute Gasteiger partial charge is 0.223 e. The minimum atomic E-state index is -0.252. The lowest BCUT2D eigenvalue weighted by atomic mass is 10.0. The number of anilines is 2. The predicted molar refractivity (Wildman–Crippen MR) is 91.5 cm³/mol. The Kier molecular flexibility index (Phi) is 4.42. The van der Waals surface area contributed by atoms with Gasteiger partial charge in [0.15, 0.2) is 0 Å². The molecule has 120 valence electrons. The highest BCUT2D eigenvalue weighted by Crippen LogP contribution is 2.24. The molecule has 2 aromatic heterocycles. The van der Waals surface area contributed by atoms with Crippen molar-refractivity contribution in [3.05, 3.63) is 60.3 Å². The van der Waals surface area contributed by atoms with E-state index in [1.807, 2.05) is 13.0 Å². The minimum absolute atomic E-state index is 0.252. The molecule has 0 fully saturated rings. The Morgan fingerprint density at radius 3 is 2.79 bits per heavy atom. The molecule has 0 atom stereocenters. The first-order chi connectivity index (χ1) is 11.7. The third kappa shape index (κ3) is 3.19. The van der Waals surface area contributed by atoms with E-state index in [1.54, 1.807) is 30.5 Å². The van der Waals surface area contributed by atoms with Gasteiger partial charge in [0.1, 0.15) is 12.0 Å². The van der Waals surface area contributed by atoms with Gasteiger partial charge in [0.2, 0.25) is 11.7 Å². The van der Waals surface area contributed by atoms with Crippen LogP contribution in [0.2, 0.25) is 0 Å². The zero-order valence-corrected chi connectivity index (χ0v) is 13.1. The van der Waals surface area contributed by atoms with E-state index in [-0.39, 0.29) is 5.78 Å². The van der Waals surface area contributed by atoms with Gasteiger partial charge < -0.3 is 11.1 Å². The van der Waals surface area contributed by atoms with Gasteiger partial charge in [0.25, 0.3) is 0 Å². The van der Waals surface area contributed by atoms with Crippen LogP contribution in [0.15, 0.2) is 49.1 Å². The highest BCUT2D eigenvalue weighted by atomic mass is 16.1. The summed E-state index contributed by atoms with van der Waals surface area (Å²) in [5.41, 5.74) is 8.53. The topological polar surface area (TPSA) is 107 Å². The van der Waals surface area contributed by atoms with Crippen molar-refractivity contribution in [2.24, 2.45) is 0 Å². The molecule has 7 nitrogen and oxygen atoms in total. The Morgan fingerprint density at radius 1 is 1.17 bits per heavy atom. The van der Waals surface area contributed by atoms with Gasteiger partial charge in [-0.25, -0.2) is 19.9 Å². The highest BCUT2D eigenvalue weighted by Gasteiger charge is 2.15. The monoisotopic (exact) mass is 320 g/mol. The molecule has 0 spiro atoms.